The Bertz CT molecular complexity index is 586. The molecule has 0 bridgehead atoms. The molecule has 0 aliphatic rings. The summed E-state index contributed by atoms with van der Waals surface area (Å²) in [5.41, 5.74) is 2.02. The van der Waals surface area contributed by atoms with Crippen LogP contribution in [0, 0.1) is 5.82 Å². The average molecular weight is 324 g/mol. The number of thioether (sulfide) groups is 1. The van der Waals surface area contributed by atoms with Crippen molar-refractivity contribution in [1.82, 2.24) is 5.32 Å². The van der Waals surface area contributed by atoms with Crippen LogP contribution < -0.4 is 5.32 Å². The minimum Gasteiger partial charge on any atom is -0.310 e. The summed E-state index contributed by atoms with van der Waals surface area (Å²) in [7, 11) is 0. The maximum Gasteiger partial charge on any atom is 0.123 e. The number of hydrogen-bond donors (Lipinski definition) is 1. The molecule has 112 valence electrons. The molecule has 1 atom stereocenters. The van der Waals surface area contributed by atoms with E-state index in [4.69, 9.17) is 11.6 Å². The van der Waals surface area contributed by atoms with Gasteiger partial charge in [-0.25, -0.2) is 4.39 Å². The Morgan fingerprint density at radius 1 is 1.19 bits per heavy atom. The van der Waals surface area contributed by atoms with Crippen LogP contribution in [0.15, 0.2) is 47.4 Å². The summed E-state index contributed by atoms with van der Waals surface area (Å²) in [6, 6.07) is 13.1. The molecular formula is C17H19ClFNS. The smallest absolute Gasteiger partial charge is 0.123 e. The van der Waals surface area contributed by atoms with E-state index in [2.05, 4.69) is 42.8 Å². The molecule has 0 aliphatic heterocycles. The second-order valence-electron chi connectivity index (χ2n) is 4.82. The van der Waals surface area contributed by atoms with Crippen LogP contribution in [0.5, 0.6) is 0 Å². The van der Waals surface area contributed by atoms with Crippen LogP contribution in [0.1, 0.15) is 24.1 Å². The minimum atomic E-state index is -0.248. The molecule has 2 aromatic carbocycles. The Morgan fingerprint density at radius 3 is 2.52 bits per heavy atom. The fraction of sp³-hybridized carbons (Fsp3) is 0.294. The first-order valence-electron chi connectivity index (χ1n) is 6.95. The summed E-state index contributed by atoms with van der Waals surface area (Å²) in [6.45, 7) is 2.92. The largest absolute Gasteiger partial charge is 0.310 e. The first-order chi connectivity index (χ1) is 10.1. The van der Waals surface area contributed by atoms with Gasteiger partial charge >= 0.3 is 0 Å². The van der Waals surface area contributed by atoms with Crippen LogP contribution >= 0.6 is 23.4 Å². The zero-order valence-corrected chi connectivity index (χ0v) is 13.8. The Kier molecular flexibility index (Phi) is 6.09. The molecule has 0 saturated carbocycles. The second kappa shape index (κ2) is 7.83. The van der Waals surface area contributed by atoms with Gasteiger partial charge in [-0.05, 0) is 60.7 Å². The fourth-order valence-corrected chi connectivity index (χ4v) is 2.91. The third kappa shape index (κ3) is 4.47. The summed E-state index contributed by atoms with van der Waals surface area (Å²) < 4.78 is 13.4. The lowest BCUT2D eigenvalue weighted by molar-refractivity contribution is 0.546. The molecule has 0 saturated heterocycles. The third-order valence-corrected chi connectivity index (χ3v) is 4.51. The molecule has 0 aliphatic carbocycles. The first kappa shape index (κ1) is 16.3. The van der Waals surface area contributed by atoms with Crippen molar-refractivity contribution in [3.8, 4) is 0 Å². The Hall–Kier alpha value is -1.03. The lowest BCUT2D eigenvalue weighted by Gasteiger charge is -2.19. The van der Waals surface area contributed by atoms with E-state index in [9.17, 15) is 4.39 Å². The van der Waals surface area contributed by atoms with Gasteiger partial charge in [-0.2, -0.15) is 0 Å². The molecule has 21 heavy (non-hydrogen) atoms. The third-order valence-electron chi connectivity index (χ3n) is 3.40. The van der Waals surface area contributed by atoms with Crippen molar-refractivity contribution in [2.75, 3.05) is 12.8 Å². The van der Waals surface area contributed by atoms with Crippen LogP contribution in [0.4, 0.5) is 4.39 Å². The standard InChI is InChI=1S/C17H19ClFNS/c1-3-20-17(12-4-7-15(21-2)8-5-12)11-13-10-14(19)6-9-16(13)18/h4-10,17,20H,3,11H2,1-2H3. The van der Waals surface area contributed by atoms with Crippen molar-refractivity contribution in [3.05, 3.63) is 64.4 Å². The topological polar surface area (TPSA) is 12.0 Å². The molecule has 1 N–H and O–H groups in total. The van der Waals surface area contributed by atoms with E-state index < -0.39 is 0 Å². The highest BCUT2D eigenvalue weighted by Crippen LogP contribution is 2.26. The maximum atomic E-state index is 13.4. The Morgan fingerprint density at radius 2 is 1.90 bits per heavy atom. The quantitative estimate of drug-likeness (QED) is 0.743. The fourth-order valence-electron chi connectivity index (χ4n) is 2.31. The molecule has 2 aromatic rings. The van der Waals surface area contributed by atoms with Crippen LogP contribution in [0.25, 0.3) is 0 Å². The van der Waals surface area contributed by atoms with E-state index in [0.29, 0.717) is 11.4 Å². The SMILES string of the molecule is CCNC(Cc1cc(F)ccc1Cl)c1ccc(SC)cc1. The highest BCUT2D eigenvalue weighted by atomic mass is 35.5. The summed E-state index contributed by atoms with van der Waals surface area (Å²) in [6.07, 6.45) is 2.73. The summed E-state index contributed by atoms with van der Waals surface area (Å²) in [5.74, 6) is -0.248. The predicted molar refractivity (Wildman–Crippen MR) is 89.8 cm³/mol. The summed E-state index contributed by atoms with van der Waals surface area (Å²) >= 11 is 7.90. The summed E-state index contributed by atoms with van der Waals surface area (Å²) in [5, 5.41) is 4.05. The number of rotatable bonds is 6. The lowest BCUT2D eigenvalue weighted by Crippen LogP contribution is -2.23. The number of likely N-dealkylation sites (N-methyl/N-ethyl adjacent to an activating group) is 1. The van der Waals surface area contributed by atoms with Gasteiger partial charge in [-0.1, -0.05) is 30.7 Å². The number of halogens is 2. The monoisotopic (exact) mass is 323 g/mol. The molecule has 0 spiro atoms. The van der Waals surface area contributed by atoms with Gasteiger partial charge < -0.3 is 5.32 Å². The van der Waals surface area contributed by atoms with E-state index in [-0.39, 0.29) is 11.9 Å². The van der Waals surface area contributed by atoms with E-state index in [1.54, 1.807) is 17.8 Å². The zero-order chi connectivity index (χ0) is 15.2. The first-order valence-corrected chi connectivity index (χ1v) is 8.55. The van der Waals surface area contributed by atoms with Crippen LogP contribution in [0.2, 0.25) is 5.02 Å². The number of nitrogens with one attached hydrogen (secondary N) is 1. The molecule has 0 radical (unpaired) electrons. The van der Waals surface area contributed by atoms with Gasteiger partial charge in [0.05, 0.1) is 0 Å². The van der Waals surface area contributed by atoms with Gasteiger partial charge in [-0.3, -0.25) is 0 Å². The van der Waals surface area contributed by atoms with E-state index >= 15 is 0 Å². The normalized spacial score (nSPS) is 12.4. The highest BCUT2D eigenvalue weighted by Gasteiger charge is 2.13. The Labute approximate surface area is 134 Å². The number of hydrogen-bond acceptors (Lipinski definition) is 2. The van der Waals surface area contributed by atoms with Crippen molar-refractivity contribution >= 4 is 23.4 Å². The van der Waals surface area contributed by atoms with Gasteiger partial charge in [0.1, 0.15) is 5.82 Å². The molecule has 0 amide bonds. The van der Waals surface area contributed by atoms with Gasteiger partial charge in [-0.15, -0.1) is 11.8 Å². The molecular weight excluding hydrogens is 305 g/mol. The molecule has 4 heteroatoms. The van der Waals surface area contributed by atoms with E-state index in [0.717, 1.165) is 12.1 Å². The molecule has 1 unspecified atom stereocenters. The van der Waals surface area contributed by atoms with Crippen molar-refractivity contribution in [2.45, 2.75) is 24.3 Å². The molecule has 0 fully saturated rings. The second-order valence-corrected chi connectivity index (χ2v) is 6.11. The maximum absolute atomic E-state index is 13.4. The average Bonchev–Trinajstić information content (AvgIpc) is 2.50. The lowest BCUT2D eigenvalue weighted by atomic mass is 9.98. The van der Waals surface area contributed by atoms with Crippen molar-refractivity contribution in [3.63, 3.8) is 0 Å². The van der Waals surface area contributed by atoms with Crippen molar-refractivity contribution in [1.29, 1.82) is 0 Å². The van der Waals surface area contributed by atoms with Gasteiger partial charge in [0.25, 0.3) is 0 Å². The minimum absolute atomic E-state index is 0.130. The van der Waals surface area contributed by atoms with Crippen LogP contribution in [0.3, 0.4) is 0 Å². The van der Waals surface area contributed by atoms with Crippen molar-refractivity contribution < 1.29 is 4.39 Å². The van der Waals surface area contributed by atoms with E-state index in [1.165, 1.54) is 22.6 Å². The van der Waals surface area contributed by atoms with Crippen molar-refractivity contribution in [2.24, 2.45) is 0 Å². The van der Waals surface area contributed by atoms with Gasteiger partial charge in [0.15, 0.2) is 0 Å². The molecule has 0 aromatic heterocycles. The number of benzene rings is 2. The van der Waals surface area contributed by atoms with Gasteiger partial charge in [0.2, 0.25) is 0 Å². The molecule has 0 heterocycles. The van der Waals surface area contributed by atoms with Crippen LogP contribution in [-0.2, 0) is 6.42 Å². The molecule has 1 nitrogen and oxygen atoms in total. The van der Waals surface area contributed by atoms with Gasteiger partial charge in [0, 0.05) is 16.0 Å². The van der Waals surface area contributed by atoms with E-state index in [1.807, 2.05) is 0 Å². The predicted octanol–water partition coefficient (Wildman–Crippen LogP) is 5.09. The molecule has 2 rings (SSSR count). The zero-order valence-electron chi connectivity index (χ0n) is 12.2. The highest BCUT2D eigenvalue weighted by molar-refractivity contribution is 7.98. The summed E-state index contributed by atoms with van der Waals surface area (Å²) in [4.78, 5) is 1.23. The van der Waals surface area contributed by atoms with Crippen LogP contribution in [-0.4, -0.2) is 12.8 Å². The Balaban J connectivity index is 2.23.